The van der Waals surface area contributed by atoms with Crippen molar-refractivity contribution in [2.45, 2.75) is 0 Å². The fraction of sp³-hybridized carbons (Fsp3) is 0. The van der Waals surface area contributed by atoms with Crippen molar-refractivity contribution in [1.29, 1.82) is 0 Å². The van der Waals surface area contributed by atoms with Crippen LogP contribution in [0, 0.1) is 0 Å². The molecule has 0 aromatic carbocycles. The van der Waals surface area contributed by atoms with Gasteiger partial charge in [-0.1, -0.05) is 0 Å². The van der Waals surface area contributed by atoms with Gasteiger partial charge in [-0.25, -0.2) is 0 Å². The zero-order valence-electron chi connectivity index (χ0n) is 7.84. The topological polar surface area (TPSA) is 0 Å². The first-order valence-corrected chi connectivity index (χ1v) is 8.70. The molecule has 15 heavy (non-hydrogen) atoms. The van der Waals surface area contributed by atoms with E-state index in [1.165, 1.54) is 9.75 Å². The molecule has 3 aromatic heterocycles. The number of thiophene rings is 2. The molecule has 0 N–H and O–H groups in total. The summed E-state index contributed by atoms with van der Waals surface area (Å²) in [6, 6.07) is 13.3. The molecule has 3 heteroatoms. The third-order valence-electron chi connectivity index (χ3n) is 2.13. The Balaban J connectivity index is 2.02. The first-order chi connectivity index (χ1) is 7.43. The summed E-state index contributed by atoms with van der Waals surface area (Å²) < 4.78 is 3.16. The molecule has 3 aromatic rings. The Morgan fingerprint density at radius 3 is 1.67 bits per heavy atom. The van der Waals surface area contributed by atoms with Crippen LogP contribution in [-0.4, -0.2) is 20.4 Å². The van der Waals surface area contributed by atoms with E-state index in [-0.39, 0.29) is 20.4 Å². The average Bonchev–Trinajstić information content (AvgIpc) is 3.02. The van der Waals surface area contributed by atoms with Crippen LogP contribution in [0.2, 0.25) is 0 Å². The standard InChI is InChI=1S/C12H8S2Te/c1-3-9(13-7-1)11-5-6-12(15-11)10-4-2-8-14-10/h1-8H. The van der Waals surface area contributed by atoms with Gasteiger partial charge < -0.3 is 0 Å². The first-order valence-electron chi connectivity index (χ1n) is 4.61. The molecule has 0 aliphatic heterocycles. The summed E-state index contributed by atoms with van der Waals surface area (Å²) in [5, 5.41) is 4.32. The molecule has 0 spiro atoms. The van der Waals surface area contributed by atoms with Crippen LogP contribution in [0.5, 0.6) is 0 Å². The van der Waals surface area contributed by atoms with E-state index in [1.807, 2.05) is 22.7 Å². The second-order valence-corrected chi connectivity index (χ2v) is 8.11. The number of hydrogen-bond acceptors (Lipinski definition) is 2. The number of rotatable bonds is 2. The fourth-order valence-corrected chi connectivity index (χ4v) is 6.53. The van der Waals surface area contributed by atoms with Crippen molar-refractivity contribution in [1.82, 2.24) is 0 Å². The molecule has 0 aliphatic carbocycles. The molecule has 0 amide bonds. The molecular weight excluding hydrogens is 336 g/mol. The summed E-state index contributed by atoms with van der Waals surface area (Å²) in [6.07, 6.45) is 0. The molecule has 0 saturated heterocycles. The summed E-state index contributed by atoms with van der Waals surface area (Å²) in [4.78, 5) is 2.92. The van der Waals surface area contributed by atoms with E-state index in [0.29, 0.717) is 0 Å². The van der Waals surface area contributed by atoms with E-state index < -0.39 is 0 Å². The van der Waals surface area contributed by atoms with E-state index in [4.69, 9.17) is 0 Å². The van der Waals surface area contributed by atoms with Crippen LogP contribution in [0.15, 0.2) is 47.2 Å². The maximum atomic E-state index is 2.31. The Labute approximate surface area is 106 Å². The van der Waals surface area contributed by atoms with Gasteiger partial charge in [0.05, 0.1) is 0 Å². The van der Waals surface area contributed by atoms with Crippen LogP contribution in [0.25, 0.3) is 16.9 Å². The fourth-order valence-electron chi connectivity index (χ4n) is 1.44. The van der Waals surface area contributed by atoms with Crippen molar-refractivity contribution in [3.63, 3.8) is 0 Å². The Hall–Kier alpha value is -0.330. The second-order valence-electron chi connectivity index (χ2n) is 3.12. The van der Waals surface area contributed by atoms with E-state index in [2.05, 4.69) is 47.2 Å². The van der Waals surface area contributed by atoms with Gasteiger partial charge in [0.1, 0.15) is 0 Å². The molecule has 0 nitrogen and oxygen atoms in total. The Morgan fingerprint density at radius 1 is 0.733 bits per heavy atom. The minimum absolute atomic E-state index is 0.140. The van der Waals surface area contributed by atoms with Crippen LogP contribution in [0.1, 0.15) is 0 Å². The first kappa shape index (κ1) is 9.86. The number of hydrogen-bond donors (Lipinski definition) is 0. The molecule has 74 valence electrons. The Kier molecular flexibility index (Phi) is 2.81. The normalized spacial score (nSPS) is 10.7. The summed E-state index contributed by atoms with van der Waals surface area (Å²) in [5.41, 5.74) is 0. The Morgan fingerprint density at radius 2 is 1.27 bits per heavy atom. The molecule has 0 atom stereocenters. The van der Waals surface area contributed by atoms with Gasteiger partial charge in [-0.15, -0.1) is 0 Å². The zero-order chi connectivity index (χ0) is 10.1. The summed E-state index contributed by atoms with van der Waals surface area (Å²) in [5.74, 6) is 0. The van der Waals surface area contributed by atoms with Crippen LogP contribution in [0.3, 0.4) is 0 Å². The van der Waals surface area contributed by atoms with E-state index >= 15 is 0 Å². The quantitative estimate of drug-likeness (QED) is 0.612. The Bertz CT molecular complexity index is 483. The molecule has 0 fully saturated rings. The van der Waals surface area contributed by atoms with Gasteiger partial charge in [-0.2, -0.15) is 0 Å². The predicted molar refractivity (Wildman–Crippen MR) is 70.0 cm³/mol. The van der Waals surface area contributed by atoms with Crippen LogP contribution in [0.4, 0.5) is 0 Å². The predicted octanol–water partition coefficient (Wildman–Crippen LogP) is 4.20. The second kappa shape index (κ2) is 4.27. The molecule has 0 unspecified atom stereocenters. The molecule has 0 radical (unpaired) electrons. The van der Waals surface area contributed by atoms with E-state index in [1.54, 1.807) is 7.16 Å². The monoisotopic (exact) mass is 346 g/mol. The summed E-state index contributed by atoms with van der Waals surface area (Å²) in [6.45, 7) is 0. The van der Waals surface area contributed by atoms with Gasteiger partial charge in [0, 0.05) is 0 Å². The SMILES string of the molecule is c1csc(-c2ccc(-c3cccs3)[te]2)c1. The van der Waals surface area contributed by atoms with Gasteiger partial charge in [-0.3, -0.25) is 0 Å². The van der Waals surface area contributed by atoms with Crippen LogP contribution < -0.4 is 0 Å². The van der Waals surface area contributed by atoms with Gasteiger partial charge in [0.25, 0.3) is 0 Å². The molecule has 3 heterocycles. The maximum absolute atomic E-state index is 2.31. The van der Waals surface area contributed by atoms with Crippen molar-refractivity contribution < 1.29 is 0 Å². The van der Waals surface area contributed by atoms with Crippen molar-refractivity contribution in [2.24, 2.45) is 0 Å². The van der Waals surface area contributed by atoms with Crippen molar-refractivity contribution >= 4 is 43.1 Å². The van der Waals surface area contributed by atoms with Gasteiger partial charge in [0.2, 0.25) is 0 Å². The van der Waals surface area contributed by atoms with E-state index in [0.717, 1.165) is 0 Å². The summed E-state index contributed by atoms with van der Waals surface area (Å²) in [7, 11) is 0. The third kappa shape index (κ3) is 1.98. The van der Waals surface area contributed by atoms with Crippen LogP contribution >= 0.6 is 22.7 Å². The molecule has 3 rings (SSSR count). The minimum atomic E-state index is -0.140. The van der Waals surface area contributed by atoms with Crippen molar-refractivity contribution in [2.75, 3.05) is 0 Å². The van der Waals surface area contributed by atoms with Gasteiger partial charge in [0.15, 0.2) is 0 Å². The molecule has 0 bridgehead atoms. The van der Waals surface area contributed by atoms with Crippen molar-refractivity contribution in [3.8, 4) is 16.9 Å². The molecular formula is C12H8S2Te. The van der Waals surface area contributed by atoms with E-state index in [9.17, 15) is 0 Å². The molecule has 0 saturated carbocycles. The summed E-state index contributed by atoms with van der Waals surface area (Å²) >= 11 is 3.57. The van der Waals surface area contributed by atoms with Gasteiger partial charge in [-0.05, 0) is 0 Å². The van der Waals surface area contributed by atoms with Crippen LogP contribution in [-0.2, 0) is 0 Å². The van der Waals surface area contributed by atoms with Gasteiger partial charge >= 0.3 is 107 Å². The van der Waals surface area contributed by atoms with Crippen molar-refractivity contribution in [3.05, 3.63) is 47.2 Å². The zero-order valence-corrected chi connectivity index (χ0v) is 11.8. The molecule has 0 aliphatic rings. The third-order valence-corrected chi connectivity index (χ3v) is 8.03. The average molecular weight is 344 g/mol.